The van der Waals surface area contributed by atoms with Crippen molar-refractivity contribution < 1.29 is 4.79 Å². The van der Waals surface area contributed by atoms with Crippen LogP contribution in [0.4, 0.5) is 0 Å². The summed E-state index contributed by atoms with van der Waals surface area (Å²) < 4.78 is 0. The van der Waals surface area contributed by atoms with Gasteiger partial charge in [0, 0.05) is 12.1 Å². The van der Waals surface area contributed by atoms with E-state index >= 15 is 0 Å². The first-order valence-electron chi connectivity index (χ1n) is 5.98. The van der Waals surface area contributed by atoms with Crippen LogP contribution in [0.1, 0.15) is 24.8 Å². The first kappa shape index (κ1) is 13.7. The molecule has 0 atom stereocenters. The maximum Gasteiger partial charge on any atom is 0.224 e. The Labute approximate surface area is 117 Å². The Hall–Kier alpha value is -0.770. The van der Waals surface area contributed by atoms with Crippen molar-refractivity contribution in [3.8, 4) is 0 Å². The molecule has 98 valence electrons. The fourth-order valence-corrected chi connectivity index (χ4v) is 2.30. The molecule has 0 aliphatic heterocycles. The number of hydrogen-bond acceptors (Lipinski definition) is 2. The molecule has 0 bridgehead atoms. The van der Waals surface area contributed by atoms with Gasteiger partial charge in [0.15, 0.2) is 0 Å². The van der Waals surface area contributed by atoms with Gasteiger partial charge in [-0.15, -0.1) is 0 Å². The predicted molar refractivity (Wildman–Crippen MR) is 73.9 cm³/mol. The van der Waals surface area contributed by atoms with Crippen LogP contribution < -0.4 is 11.1 Å². The van der Waals surface area contributed by atoms with Crippen molar-refractivity contribution in [2.24, 2.45) is 5.73 Å². The van der Waals surface area contributed by atoms with Crippen molar-refractivity contribution in [2.75, 3.05) is 6.54 Å². The van der Waals surface area contributed by atoms with Crippen molar-refractivity contribution in [2.45, 2.75) is 31.2 Å². The predicted octanol–water partition coefficient (Wildman–Crippen LogP) is 2.53. The Morgan fingerprint density at radius 3 is 2.61 bits per heavy atom. The third kappa shape index (κ3) is 3.37. The van der Waals surface area contributed by atoms with Crippen LogP contribution in [0.25, 0.3) is 0 Å². The number of nitrogens with one attached hydrogen (secondary N) is 1. The highest BCUT2D eigenvalue weighted by molar-refractivity contribution is 6.42. The topological polar surface area (TPSA) is 55.1 Å². The largest absolute Gasteiger partial charge is 0.354 e. The molecule has 1 aromatic rings. The number of nitrogens with two attached hydrogens (primary N) is 1. The van der Waals surface area contributed by atoms with Crippen LogP contribution >= 0.6 is 23.2 Å². The van der Waals surface area contributed by atoms with E-state index in [-0.39, 0.29) is 11.4 Å². The number of hydrogen-bond donors (Lipinski definition) is 2. The number of benzene rings is 1. The van der Waals surface area contributed by atoms with E-state index in [2.05, 4.69) is 5.32 Å². The highest BCUT2D eigenvalue weighted by Gasteiger charge is 2.32. The maximum absolute atomic E-state index is 11.8. The molecule has 0 radical (unpaired) electrons. The third-order valence-electron chi connectivity index (χ3n) is 3.34. The minimum atomic E-state index is -0.187. The molecule has 5 heteroatoms. The average molecular weight is 287 g/mol. The molecule has 1 aliphatic rings. The standard InChI is InChI=1S/C13H16Cl2N2O/c14-10-3-2-9(6-11(10)15)7-12(18)17-8-13(16)4-1-5-13/h2-3,6H,1,4-5,7-8,16H2,(H,17,18). The molecule has 0 unspecified atom stereocenters. The highest BCUT2D eigenvalue weighted by Crippen LogP contribution is 2.28. The molecular weight excluding hydrogens is 271 g/mol. The molecule has 0 heterocycles. The lowest BCUT2D eigenvalue weighted by Crippen LogP contribution is -2.55. The lowest BCUT2D eigenvalue weighted by atomic mass is 9.78. The number of carbonyl (C=O) groups is 1. The minimum absolute atomic E-state index is 0.0369. The molecule has 0 aromatic heterocycles. The number of halogens is 2. The fraction of sp³-hybridized carbons (Fsp3) is 0.462. The van der Waals surface area contributed by atoms with E-state index in [9.17, 15) is 4.79 Å². The third-order valence-corrected chi connectivity index (χ3v) is 4.07. The summed E-state index contributed by atoms with van der Waals surface area (Å²) in [6.45, 7) is 0.549. The van der Waals surface area contributed by atoms with Crippen molar-refractivity contribution in [1.82, 2.24) is 5.32 Å². The van der Waals surface area contributed by atoms with Gasteiger partial charge in [-0.3, -0.25) is 4.79 Å². The Kier molecular flexibility index (Phi) is 4.15. The molecule has 1 aliphatic carbocycles. The van der Waals surface area contributed by atoms with Gasteiger partial charge in [-0.1, -0.05) is 29.3 Å². The Morgan fingerprint density at radius 1 is 1.33 bits per heavy atom. The van der Waals surface area contributed by atoms with Crippen LogP contribution in [0, 0.1) is 0 Å². The molecule has 3 N–H and O–H groups in total. The van der Waals surface area contributed by atoms with Gasteiger partial charge >= 0.3 is 0 Å². The summed E-state index contributed by atoms with van der Waals surface area (Å²) in [7, 11) is 0. The first-order chi connectivity index (χ1) is 8.48. The first-order valence-corrected chi connectivity index (χ1v) is 6.74. The second-order valence-electron chi connectivity index (χ2n) is 4.92. The van der Waals surface area contributed by atoms with Gasteiger partial charge in [0.25, 0.3) is 0 Å². The Morgan fingerprint density at radius 2 is 2.06 bits per heavy atom. The highest BCUT2D eigenvalue weighted by atomic mass is 35.5. The monoisotopic (exact) mass is 286 g/mol. The van der Waals surface area contributed by atoms with Crippen molar-refractivity contribution in [3.05, 3.63) is 33.8 Å². The summed E-state index contributed by atoms with van der Waals surface area (Å²) in [5.41, 5.74) is 6.70. The lowest BCUT2D eigenvalue weighted by Gasteiger charge is -2.38. The zero-order valence-electron chi connectivity index (χ0n) is 10.0. The van der Waals surface area contributed by atoms with Crippen molar-refractivity contribution >= 4 is 29.1 Å². The van der Waals surface area contributed by atoms with E-state index in [1.165, 1.54) is 0 Å². The quantitative estimate of drug-likeness (QED) is 0.894. The fourth-order valence-electron chi connectivity index (χ4n) is 1.98. The minimum Gasteiger partial charge on any atom is -0.354 e. The van der Waals surface area contributed by atoms with Crippen molar-refractivity contribution in [1.29, 1.82) is 0 Å². The summed E-state index contributed by atoms with van der Waals surface area (Å²) >= 11 is 11.7. The molecule has 18 heavy (non-hydrogen) atoms. The van der Waals surface area contributed by atoms with Gasteiger partial charge < -0.3 is 11.1 Å². The molecule has 0 saturated heterocycles. The Bertz CT molecular complexity index is 458. The van der Waals surface area contributed by atoms with Crippen LogP contribution in [0.5, 0.6) is 0 Å². The second-order valence-corrected chi connectivity index (χ2v) is 5.73. The Balaban J connectivity index is 1.85. The average Bonchev–Trinajstić information content (AvgIpc) is 2.29. The summed E-state index contributed by atoms with van der Waals surface area (Å²) in [5.74, 6) is -0.0369. The van der Waals surface area contributed by atoms with Gasteiger partial charge in [0.2, 0.25) is 5.91 Å². The maximum atomic E-state index is 11.8. The van der Waals surface area contributed by atoms with Crippen LogP contribution in [0.2, 0.25) is 10.0 Å². The smallest absolute Gasteiger partial charge is 0.224 e. The van der Waals surface area contributed by atoms with Gasteiger partial charge in [0.1, 0.15) is 0 Å². The molecule has 1 amide bonds. The molecule has 2 rings (SSSR count). The second kappa shape index (κ2) is 5.47. The lowest BCUT2D eigenvalue weighted by molar-refractivity contribution is -0.120. The molecule has 1 aromatic carbocycles. The van der Waals surface area contributed by atoms with E-state index in [1.807, 2.05) is 0 Å². The molecule has 3 nitrogen and oxygen atoms in total. The summed E-state index contributed by atoms with van der Waals surface area (Å²) in [4.78, 5) is 11.8. The van der Waals surface area contributed by atoms with Gasteiger partial charge in [-0.05, 0) is 37.0 Å². The van der Waals surface area contributed by atoms with Crippen LogP contribution in [0.15, 0.2) is 18.2 Å². The number of carbonyl (C=O) groups excluding carboxylic acids is 1. The normalized spacial score (nSPS) is 17.1. The van der Waals surface area contributed by atoms with E-state index in [1.54, 1.807) is 18.2 Å². The molecule has 0 spiro atoms. The number of amides is 1. The molecule has 1 saturated carbocycles. The van der Waals surface area contributed by atoms with Crippen molar-refractivity contribution in [3.63, 3.8) is 0 Å². The molecule has 1 fully saturated rings. The zero-order chi connectivity index (χ0) is 13.2. The van der Waals surface area contributed by atoms with Gasteiger partial charge in [-0.2, -0.15) is 0 Å². The van der Waals surface area contributed by atoms with E-state index in [0.29, 0.717) is 23.0 Å². The molecular formula is C13H16Cl2N2O. The van der Waals surface area contributed by atoms with Crippen LogP contribution in [-0.2, 0) is 11.2 Å². The van der Waals surface area contributed by atoms with Gasteiger partial charge in [-0.25, -0.2) is 0 Å². The summed E-state index contributed by atoms with van der Waals surface area (Å²) in [6, 6.07) is 5.21. The summed E-state index contributed by atoms with van der Waals surface area (Å²) in [6.07, 6.45) is 3.42. The van der Waals surface area contributed by atoms with Gasteiger partial charge in [0.05, 0.1) is 16.5 Å². The number of rotatable bonds is 4. The van der Waals surface area contributed by atoms with E-state index < -0.39 is 0 Å². The van der Waals surface area contributed by atoms with E-state index in [0.717, 1.165) is 24.8 Å². The van der Waals surface area contributed by atoms with E-state index in [4.69, 9.17) is 28.9 Å². The SMILES string of the molecule is NC1(CNC(=O)Cc2ccc(Cl)c(Cl)c2)CCC1. The van der Waals surface area contributed by atoms with Crippen LogP contribution in [0.3, 0.4) is 0 Å². The zero-order valence-corrected chi connectivity index (χ0v) is 11.5. The van der Waals surface area contributed by atoms with Crippen LogP contribution in [-0.4, -0.2) is 18.0 Å². The summed E-state index contributed by atoms with van der Waals surface area (Å²) in [5, 5.41) is 3.83.